The highest BCUT2D eigenvalue weighted by Crippen LogP contribution is 2.30. The standard InChI is InChI=1S/C15H21ClN2O/c1-10(2)14(17)15(19)18(12-7-8-12)9-11-5-3-4-6-13(11)16/h3-6,10,12,14H,7-9,17H2,1-2H3/t14-/m0/s1. The van der Waals surface area contributed by atoms with Crippen molar-refractivity contribution in [3.63, 3.8) is 0 Å². The lowest BCUT2D eigenvalue weighted by atomic mass is 10.0. The Morgan fingerprint density at radius 1 is 1.42 bits per heavy atom. The molecule has 0 aromatic heterocycles. The number of carbonyl (C=O) groups is 1. The maximum Gasteiger partial charge on any atom is 0.240 e. The highest BCUT2D eigenvalue weighted by molar-refractivity contribution is 6.31. The van der Waals surface area contributed by atoms with Gasteiger partial charge in [0.15, 0.2) is 0 Å². The van der Waals surface area contributed by atoms with Gasteiger partial charge in [-0.3, -0.25) is 4.79 Å². The molecule has 3 nitrogen and oxygen atoms in total. The monoisotopic (exact) mass is 280 g/mol. The lowest BCUT2D eigenvalue weighted by molar-refractivity contribution is -0.134. The van der Waals surface area contributed by atoms with Crippen molar-refractivity contribution in [2.75, 3.05) is 0 Å². The van der Waals surface area contributed by atoms with E-state index in [1.165, 1.54) is 0 Å². The van der Waals surface area contributed by atoms with Gasteiger partial charge in [-0.15, -0.1) is 0 Å². The minimum absolute atomic E-state index is 0.0393. The van der Waals surface area contributed by atoms with Crippen molar-refractivity contribution in [3.05, 3.63) is 34.9 Å². The van der Waals surface area contributed by atoms with E-state index in [0.717, 1.165) is 18.4 Å². The number of hydrogen-bond donors (Lipinski definition) is 1. The lowest BCUT2D eigenvalue weighted by Gasteiger charge is -2.27. The molecule has 2 N–H and O–H groups in total. The van der Waals surface area contributed by atoms with Crippen LogP contribution in [0.4, 0.5) is 0 Å². The van der Waals surface area contributed by atoms with Gasteiger partial charge in [-0.2, -0.15) is 0 Å². The second kappa shape index (κ2) is 5.93. The van der Waals surface area contributed by atoms with E-state index >= 15 is 0 Å². The second-order valence-electron chi connectivity index (χ2n) is 5.56. The molecule has 0 unspecified atom stereocenters. The molecule has 1 saturated carbocycles. The van der Waals surface area contributed by atoms with Crippen LogP contribution >= 0.6 is 11.6 Å². The summed E-state index contributed by atoms with van der Waals surface area (Å²) in [4.78, 5) is 14.3. The summed E-state index contributed by atoms with van der Waals surface area (Å²) in [5, 5.41) is 0.707. The van der Waals surface area contributed by atoms with Gasteiger partial charge < -0.3 is 10.6 Å². The van der Waals surface area contributed by atoms with E-state index in [1.54, 1.807) is 0 Å². The molecule has 1 amide bonds. The molecule has 0 radical (unpaired) electrons. The summed E-state index contributed by atoms with van der Waals surface area (Å²) in [5.74, 6) is 0.192. The molecule has 104 valence electrons. The predicted molar refractivity (Wildman–Crippen MR) is 77.8 cm³/mol. The third-order valence-electron chi connectivity index (χ3n) is 3.57. The Morgan fingerprint density at radius 2 is 2.05 bits per heavy atom. The molecule has 1 aromatic carbocycles. The molecule has 1 aliphatic rings. The molecule has 1 atom stereocenters. The van der Waals surface area contributed by atoms with Crippen molar-refractivity contribution in [2.45, 2.75) is 45.3 Å². The van der Waals surface area contributed by atoms with Crippen molar-refractivity contribution >= 4 is 17.5 Å². The average molecular weight is 281 g/mol. The molecule has 2 rings (SSSR count). The first-order valence-electron chi connectivity index (χ1n) is 6.80. The van der Waals surface area contributed by atoms with Crippen LogP contribution in [0.5, 0.6) is 0 Å². The number of nitrogens with two attached hydrogens (primary N) is 1. The van der Waals surface area contributed by atoms with Crippen molar-refractivity contribution < 1.29 is 4.79 Å². The molecule has 1 aromatic rings. The molecule has 1 fully saturated rings. The second-order valence-corrected chi connectivity index (χ2v) is 5.97. The minimum Gasteiger partial charge on any atom is -0.334 e. The molecule has 0 bridgehead atoms. The summed E-state index contributed by atoms with van der Waals surface area (Å²) in [6.45, 7) is 4.51. The molecule has 19 heavy (non-hydrogen) atoms. The third-order valence-corrected chi connectivity index (χ3v) is 3.94. The van der Waals surface area contributed by atoms with Crippen LogP contribution < -0.4 is 5.73 Å². The van der Waals surface area contributed by atoms with Crippen LogP contribution in [0.2, 0.25) is 5.02 Å². The summed E-state index contributed by atoms with van der Waals surface area (Å²) in [7, 11) is 0. The fraction of sp³-hybridized carbons (Fsp3) is 0.533. The topological polar surface area (TPSA) is 46.3 Å². The largest absolute Gasteiger partial charge is 0.334 e. The zero-order chi connectivity index (χ0) is 14.0. The van der Waals surface area contributed by atoms with E-state index in [9.17, 15) is 4.79 Å². The summed E-state index contributed by atoms with van der Waals surface area (Å²) < 4.78 is 0. The number of benzene rings is 1. The summed E-state index contributed by atoms with van der Waals surface area (Å²) in [6.07, 6.45) is 2.14. The van der Waals surface area contributed by atoms with Crippen molar-refractivity contribution in [3.8, 4) is 0 Å². The first kappa shape index (κ1) is 14.4. The van der Waals surface area contributed by atoms with Crippen LogP contribution in [-0.2, 0) is 11.3 Å². The van der Waals surface area contributed by atoms with Crippen molar-refractivity contribution in [2.24, 2.45) is 11.7 Å². The Bertz CT molecular complexity index is 457. The smallest absolute Gasteiger partial charge is 0.240 e. The highest BCUT2D eigenvalue weighted by atomic mass is 35.5. The van der Waals surface area contributed by atoms with Gasteiger partial charge in [-0.1, -0.05) is 43.6 Å². The quantitative estimate of drug-likeness (QED) is 0.901. The van der Waals surface area contributed by atoms with Crippen molar-refractivity contribution in [1.29, 1.82) is 0 Å². The molecule has 4 heteroatoms. The van der Waals surface area contributed by atoms with Crippen LogP contribution in [-0.4, -0.2) is 22.9 Å². The molecular weight excluding hydrogens is 260 g/mol. The van der Waals surface area contributed by atoms with Crippen molar-refractivity contribution in [1.82, 2.24) is 4.90 Å². The predicted octanol–water partition coefficient (Wildman–Crippen LogP) is 2.81. The van der Waals surface area contributed by atoms with Gasteiger partial charge in [0, 0.05) is 17.6 Å². The van der Waals surface area contributed by atoms with Crippen LogP contribution in [0.1, 0.15) is 32.3 Å². The Kier molecular flexibility index (Phi) is 4.48. The van der Waals surface area contributed by atoms with Gasteiger partial charge >= 0.3 is 0 Å². The fourth-order valence-corrected chi connectivity index (χ4v) is 2.26. The summed E-state index contributed by atoms with van der Waals surface area (Å²) >= 11 is 6.17. The zero-order valence-corrected chi connectivity index (χ0v) is 12.2. The SMILES string of the molecule is CC(C)[C@H](N)C(=O)N(Cc1ccccc1Cl)C1CC1. The number of nitrogens with zero attached hydrogens (tertiary/aromatic N) is 1. The Labute approximate surface area is 119 Å². The molecule has 0 aliphatic heterocycles. The zero-order valence-electron chi connectivity index (χ0n) is 11.5. The molecule has 0 saturated heterocycles. The minimum atomic E-state index is -0.428. The fourth-order valence-electron chi connectivity index (χ4n) is 2.06. The Hall–Kier alpha value is -1.06. The normalized spacial score (nSPS) is 16.5. The van der Waals surface area contributed by atoms with Gasteiger partial charge in [-0.05, 0) is 30.4 Å². The van der Waals surface area contributed by atoms with Crippen LogP contribution in [0.15, 0.2) is 24.3 Å². The first-order chi connectivity index (χ1) is 9.00. The molecule has 0 heterocycles. The van der Waals surface area contributed by atoms with Crippen LogP contribution in [0.3, 0.4) is 0 Å². The summed E-state index contributed by atoms with van der Waals surface area (Å²) in [5.41, 5.74) is 6.98. The van der Waals surface area contributed by atoms with E-state index in [1.807, 2.05) is 43.0 Å². The van der Waals surface area contributed by atoms with Gasteiger partial charge in [0.2, 0.25) is 5.91 Å². The number of hydrogen-bond acceptors (Lipinski definition) is 2. The van der Waals surface area contributed by atoms with Gasteiger partial charge in [-0.25, -0.2) is 0 Å². The van der Waals surface area contributed by atoms with Crippen LogP contribution in [0.25, 0.3) is 0 Å². The lowest BCUT2D eigenvalue weighted by Crippen LogP contribution is -2.47. The highest BCUT2D eigenvalue weighted by Gasteiger charge is 2.35. The Morgan fingerprint density at radius 3 is 2.58 bits per heavy atom. The van der Waals surface area contributed by atoms with E-state index in [4.69, 9.17) is 17.3 Å². The maximum absolute atomic E-state index is 12.4. The maximum atomic E-state index is 12.4. The molecular formula is C15H21ClN2O. The number of rotatable bonds is 5. The molecule has 0 spiro atoms. The van der Waals surface area contributed by atoms with Gasteiger partial charge in [0.05, 0.1) is 6.04 Å². The van der Waals surface area contributed by atoms with E-state index in [-0.39, 0.29) is 11.8 Å². The Balaban J connectivity index is 2.13. The number of amides is 1. The number of halogens is 1. The van der Waals surface area contributed by atoms with E-state index in [0.29, 0.717) is 17.6 Å². The van der Waals surface area contributed by atoms with E-state index < -0.39 is 6.04 Å². The van der Waals surface area contributed by atoms with E-state index in [2.05, 4.69) is 0 Å². The first-order valence-corrected chi connectivity index (χ1v) is 7.18. The molecule has 1 aliphatic carbocycles. The van der Waals surface area contributed by atoms with Crippen LogP contribution in [0, 0.1) is 5.92 Å². The third kappa shape index (κ3) is 3.48. The van der Waals surface area contributed by atoms with Gasteiger partial charge in [0.1, 0.15) is 0 Å². The summed E-state index contributed by atoms with van der Waals surface area (Å²) in [6, 6.07) is 7.58. The average Bonchev–Trinajstić information content (AvgIpc) is 3.20. The number of carbonyl (C=O) groups excluding carboxylic acids is 1. The van der Waals surface area contributed by atoms with Gasteiger partial charge in [0.25, 0.3) is 0 Å².